The summed E-state index contributed by atoms with van der Waals surface area (Å²) in [4.78, 5) is 38.7. The van der Waals surface area contributed by atoms with Crippen molar-refractivity contribution in [3.05, 3.63) is 83.6 Å². The van der Waals surface area contributed by atoms with Crippen LogP contribution in [-0.2, 0) is 4.79 Å². The van der Waals surface area contributed by atoms with Crippen LogP contribution in [0.5, 0.6) is 11.5 Å². The van der Waals surface area contributed by atoms with Crippen LogP contribution < -0.4 is 16.2 Å². The average Bonchev–Trinajstić information content (AvgIpc) is 3.89. The summed E-state index contributed by atoms with van der Waals surface area (Å²) in [6, 6.07) is 16.4. The molecule has 1 fully saturated rings. The number of fused-ring (bicyclic) bond motifs is 1. The predicted octanol–water partition coefficient (Wildman–Crippen LogP) is 3.14. The molecule has 4 aromatic rings. The highest BCUT2D eigenvalue weighted by Gasteiger charge is 2.31. The summed E-state index contributed by atoms with van der Waals surface area (Å²) >= 11 is 0. The fourth-order valence-electron chi connectivity index (χ4n) is 5.24. The number of amides is 1. The number of anilines is 1. The third kappa shape index (κ3) is 15.3. The van der Waals surface area contributed by atoms with Gasteiger partial charge in [-0.3, -0.25) is 13.9 Å². The highest BCUT2D eigenvalue weighted by molar-refractivity contribution is 5.88. The van der Waals surface area contributed by atoms with Gasteiger partial charge in [0.1, 0.15) is 23.3 Å². The van der Waals surface area contributed by atoms with E-state index in [9.17, 15) is 9.59 Å². The van der Waals surface area contributed by atoms with E-state index in [2.05, 4.69) is 152 Å². The number of hydrogen-bond donors (Lipinski definition) is 1. The van der Waals surface area contributed by atoms with Crippen LogP contribution >= 0.6 is 0 Å². The van der Waals surface area contributed by atoms with Gasteiger partial charge in [0.15, 0.2) is 11.5 Å². The number of hydrogen-bond acceptors (Lipinski definition) is 7. The number of terminal acetylenes is 2. The van der Waals surface area contributed by atoms with Crippen LogP contribution in [0.3, 0.4) is 0 Å². The molecule has 1 aliphatic heterocycles. The predicted molar refractivity (Wildman–Crippen MR) is 245 cm³/mol. The zero-order chi connectivity index (χ0) is 44.9. The first-order chi connectivity index (χ1) is 30.8. The highest BCUT2D eigenvalue weighted by Crippen LogP contribution is 2.29. The van der Waals surface area contributed by atoms with Crippen molar-refractivity contribution in [1.29, 1.82) is 0 Å². The maximum absolute atomic E-state index is 13.8. The number of imidazole rings is 1. The number of nitrogen functional groups attached to an aromatic ring is 1. The van der Waals surface area contributed by atoms with Crippen molar-refractivity contribution in [2.45, 2.75) is 12.5 Å². The summed E-state index contributed by atoms with van der Waals surface area (Å²) in [5, 5.41) is 0. The van der Waals surface area contributed by atoms with Crippen LogP contribution in [-0.4, -0.2) is 68.5 Å². The van der Waals surface area contributed by atoms with Crippen molar-refractivity contribution in [2.24, 2.45) is 0 Å². The van der Waals surface area contributed by atoms with Crippen molar-refractivity contribution >= 4 is 22.9 Å². The molecule has 3 heterocycles. The minimum Gasteiger partial charge on any atom is -0.457 e. The van der Waals surface area contributed by atoms with Gasteiger partial charge in [0, 0.05) is 73.1 Å². The first kappa shape index (κ1) is 45.5. The van der Waals surface area contributed by atoms with Crippen LogP contribution in [0.2, 0.25) is 0 Å². The summed E-state index contributed by atoms with van der Waals surface area (Å²) in [5.41, 5.74) is 7.47. The van der Waals surface area contributed by atoms with Crippen molar-refractivity contribution in [2.75, 3.05) is 39.5 Å². The molecule has 0 unspecified atom stereocenters. The lowest BCUT2D eigenvalue weighted by Crippen LogP contribution is -2.31. The number of carbonyl (C=O) groups is 1. The number of nitrogens with zero attached hydrogens (tertiary/aromatic N) is 6. The number of likely N-dealkylation sites (N-methyl/N-ethyl adjacent to an activating group) is 1. The summed E-state index contributed by atoms with van der Waals surface area (Å²) < 4.78 is 9.05. The Labute approximate surface area is 367 Å². The number of nitrogens with two attached hydrogens (primary N) is 1. The van der Waals surface area contributed by atoms with Gasteiger partial charge in [0.25, 0.3) is 0 Å². The molecule has 2 aromatic heterocycles. The zero-order valence-electron chi connectivity index (χ0n) is 34.0. The largest absolute Gasteiger partial charge is 0.457 e. The Hall–Kier alpha value is -10.2. The minimum absolute atomic E-state index is 0.0655. The van der Waals surface area contributed by atoms with Crippen molar-refractivity contribution < 1.29 is 9.53 Å². The van der Waals surface area contributed by atoms with Crippen molar-refractivity contribution in [1.82, 2.24) is 28.9 Å². The van der Waals surface area contributed by atoms with E-state index in [-0.39, 0.29) is 23.5 Å². The fourth-order valence-corrected chi connectivity index (χ4v) is 5.24. The number of rotatable bonds is 7. The maximum Gasteiger partial charge on any atom is 0.335 e. The van der Waals surface area contributed by atoms with Gasteiger partial charge >= 0.3 is 5.69 Å². The molecule has 2 aromatic carbocycles. The smallest absolute Gasteiger partial charge is 0.335 e. The van der Waals surface area contributed by atoms with Crippen LogP contribution in [0.1, 0.15) is 12.5 Å². The minimum atomic E-state index is -0.277. The second-order valence-corrected chi connectivity index (χ2v) is 12.3. The molecule has 0 spiro atoms. The molecular formula is C53H31N7O3. The molecule has 296 valence electrons. The number of para-hydroxylation sites is 1. The summed E-state index contributed by atoms with van der Waals surface area (Å²) in [6.45, 7) is 1.65. The molecule has 1 atom stereocenters. The van der Waals surface area contributed by atoms with Crippen LogP contribution in [0.4, 0.5) is 5.82 Å². The van der Waals surface area contributed by atoms with Gasteiger partial charge in [-0.05, 0) is 152 Å². The molecular weight excluding hydrogens is 783 g/mol. The molecule has 1 aliphatic rings. The maximum atomic E-state index is 13.8. The van der Waals surface area contributed by atoms with Gasteiger partial charge in [0.2, 0.25) is 5.91 Å². The highest BCUT2D eigenvalue weighted by atomic mass is 16.5. The normalized spacial score (nSPS) is 10.8. The second kappa shape index (κ2) is 26.0. The topological polar surface area (TPSA) is 112 Å². The second-order valence-electron chi connectivity index (χ2n) is 12.3. The molecule has 63 heavy (non-hydrogen) atoms. The van der Waals surface area contributed by atoms with Crippen LogP contribution in [0.25, 0.3) is 16.9 Å². The van der Waals surface area contributed by atoms with E-state index in [1.165, 1.54) is 10.9 Å². The molecule has 5 rings (SSSR count). The molecule has 1 amide bonds. The number of likely N-dealkylation sites (tertiary alicyclic amines) is 1. The third-order valence-electron chi connectivity index (χ3n) is 7.78. The van der Waals surface area contributed by atoms with Crippen LogP contribution in [0, 0.1) is 155 Å². The number of aromatic nitrogens is 4. The Morgan fingerprint density at radius 2 is 1.21 bits per heavy atom. The Kier molecular flexibility index (Phi) is 18.8. The monoisotopic (exact) mass is 813 g/mol. The zero-order valence-corrected chi connectivity index (χ0v) is 34.0. The van der Waals surface area contributed by atoms with E-state index in [1.807, 2.05) is 55.4 Å². The van der Waals surface area contributed by atoms with Gasteiger partial charge in [-0.25, -0.2) is 14.8 Å². The standard InChI is InChI=1S/C27H29N7O3.C26H2/c1-31(2)15-6-9-23(35)32-16-14-20(17-32)34-26-24(25(28)29-18-30-26)33(27(34)36)19-10-12-22(13-11-19)37-21-7-4-3-5-8-21;1-3-5-7-9-11-13-15-17-19-21-23-25-26-24-22-20-18-16-14-12-10-8-6-4-2/h3-13,18,20H,14-17H2,1-2H3,(H2,28,29,30);1-2H/b9-6+;/t20-;/m1./s1. The van der Waals surface area contributed by atoms with E-state index in [0.29, 0.717) is 48.7 Å². The molecule has 10 heteroatoms. The lowest BCUT2D eigenvalue weighted by molar-refractivity contribution is -0.125. The third-order valence-corrected chi connectivity index (χ3v) is 7.78. The SMILES string of the molecule is C#CC#CC#CC#CC#CC#CC#CC#CC#CC#CC#CC#CC#C.CN(C)C/C=C/C(=O)N1CC[C@@H](n2c(=O)n(-c3ccc(Oc4ccccc4)cc3)c3c(N)ncnc32)C1. The first-order valence-corrected chi connectivity index (χ1v) is 18.4. The van der Waals surface area contributed by atoms with E-state index in [1.54, 1.807) is 39.8 Å². The molecule has 10 nitrogen and oxygen atoms in total. The summed E-state index contributed by atoms with van der Waals surface area (Å²) in [5.74, 6) is 59.7. The van der Waals surface area contributed by atoms with E-state index < -0.39 is 0 Å². The van der Waals surface area contributed by atoms with Gasteiger partial charge in [-0.1, -0.05) is 24.3 Å². The Morgan fingerprint density at radius 3 is 1.68 bits per heavy atom. The van der Waals surface area contributed by atoms with Crippen LogP contribution in [0.15, 0.2) is 77.9 Å². The van der Waals surface area contributed by atoms with E-state index in [4.69, 9.17) is 23.3 Å². The lowest BCUT2D eigenvalue weighted by atomic mass is 10.2. The quantitative estimate of drug-likeness (QED) is 0.226. The Balaban J connectivity index is 0.000000297. The number of carbonyl (C=O) groups excluding carboxylic acids is 1. The van der Waals surface area contributed by atoms with E-state index in [0.717, 1.165) is 5.75 Å². The number of ether oxygens (including phenoxy) is 1. The van der Waals surface area contributed by atoms with Gasteiger partial charge < -0.3 is 20.3 Å². The van der Waals surface area contributed by atoms with Crippen molar-refractivity contribution in [3.8, 4) is 172 Å². The van der Waals surface area contributed by atoms with Crippen molar-refractivity contribution in [3.63, 3.8) is 0 Å². The average molecular weight is 814 g/mol. The summed E-state index contributed by atoms with van der Waals surface area (Å²) in [7, 11) is 3.89. The van der Waals surface area contributed by atoms with Gasteiger partial charge in [-0.15, -0.1) is 12.8 Å². The Morgan fingerprint density at radius 1 is 0.730 bits per heavy atom. The number of benzene rings is 2. The summed E-state index contributed by atoms with van der Waals surface area (Å²) in [6.07, 6.45) is 15.2. The lowest BCUT2D eigenvalue weighted by Gasteiger charge is -2.15. The first-order valence-electron chi connectivity index (χ1n) is 18.4. The Bertz CT molecular complexity index is 3170. The van der Waals surface area contributed by atoms with E-state index >= 15 is 0 Å². The molecule has 0 bridgehead atoms. The van der Waals surface area contributed by atoms with Gasteiger partial charge in [-0.2, -0.15) is 0 Å². The van der Waals surface area contributed by atoms with Gasteiger partial charge in [0.05, 0.1) is 11.7 Å². The molecule has 0 radical (unpaired) electrons. The molecule has 0 aliphatic carbocycles. The fraction of sp³-hybridized carbons (Fsp3) is 0.132. The molecule has 0 saturated carbocycles. The molecule has 1 saturated heterocycles. The molecule has 2 N–H and O–H groups in total.